The van der Waals surface area contributed by atoms with Crippen molar-refractivity contribution in [3.05, 3.63) is 11.9 Å². The van der Waals surface area contributed by atoms with Crippen molar-refractivity contribution >= 4 is 23.4 Å². The van der Waals surface area contributed by atoms with Gasteiger partial charge in [-0.25, -0.2) is 9.97 Å². The third kappa shape index (κ3) is 5.44. The standard InChI is InChI=1S/C12H19F3N4S/c1-4-5-16-9-6-10(17-8(2)7-20-3)19-11(18-9)12(13,14)15/h6,8H,4-5,7H2,1-3H3,(H2,16,17,18,19). The summed E-state index contributed by atoms with van der Waals surface area (Å²) in [5, 5.41) is 5.82. The summed E-state index contributed by atoms with van der Waals surface area (Å²) in [5.74, 6) is 0.0289. The molecule has 0 radical (unpaired) electrons. The first-order chi connectivity index (χ1) is 9.36. The number of halogens is 3. The van der Waals surface area contributed by atoms with Gasteiger partial charge in [-0.2, -0.15) is 24.9 Å². The molecule has 1 heterocycles. The molecule has 1 aromatic rings. The van der Waals surface area contributed by atoms with E-state index >= 15 is 0 Å². The Kier molecular flexibility index (Phi) is 6.38. The van der Waals surface area contributed by atoms with E-state index < -0.39 is 12.0 Å². The first kappa shape index (κ1) is 16.9. The highest BCUT2D eigenvalue weighted by molar-refractivity contribution is 7.98. The molecule has 0 aromatic carbocycles. The predicted octanol–water partition coefficient (Wildman–Crippen LogP) is 3.48. The molecule has 1 unspecified atom stereocenters. The lowest BCUT2D eigenvalue weighted by molar-refractivity contribution is -0.144. The zero-order chi connectivity index (χ0) is 15.2. The maximum absolute atomic E-state index is 12.8. The number of hydrogen-bond acceptors (Lipinski definition) is 5. The lowest BCUT2D eigenvalue weighted by Crippen LogP contribution is -2.21. The SMILES string of the molecule is CCCNc1cc(NC(C)CSC)nc(C(F)(F)F)n1. The molecule has 0 amide bonds. The second-order valence-electron chi connectivity index (χ2n) is 4.39. The molecule has 2 N–H and O–H groups in total. The van der Waals surface area contributed by atoms with E-state index in [2.05, 4.69) is 20.6 Å². The van der Waals surface area contributed by atoms with Gasteiger partial charge >= 0.3 is 6.18 Å². The van der Waals surface area contributed by atoms with Crippen molar-refractivity contribution < 1.29 is 13.2 Å². The molecule has 4 nitrogen and oxygen atoms in total. The molecule has 0 spiro atoms. The molecule has 0 aliphatic heterocycles. The first-order valence-corrected chi connectivity index (χ1v) is 7.71. The number of nitrogens with zero attached hydrogens (tertiary/aromatic N) is 2. The summed E-state index contributed by atoms with van der Waals surface area (Å²) >= 11 is 1.61. The van der Waals surface area contributed by atoms with Crippen LogP contribution in [-0.4, -0.2) is 34.6 Å². The fourth-order valence-electron chi connectivity index (χ4n) is 1.54. The van der Waals surface area contributed by atoms with Gasteiger partial charge in [0.15, 0.2) is 0 Å². The zero-order valence-corrected chi connectivity index (χ0v) is 12.5. The third-order valence-electron chi connectivity index (χ3n) is 2.35. The van der Waals surface area contributed by atoms with E-state index in [1.54, 1.807) is 11.8 Å². The van der Waals surface area contributed by atoms with Crippen LogP contribution in [0.1, 0.15) is 26.1 Å². The van der Waals surface area contributed by atoms with E-state index in [1.165, 1.54) is 6.07 Å². The van der Waals surface area contributed by atoms with Gasteiger partial charge in [0.05, 0.1) is 0 Å². The monoisotopic (exact) mass is 308 g/mol. The largest absolute Gasteiger partial charge is 0.451 e. The normalized spacial score (nSPS) is 13.1. The van der Waals surface area contributed by atoms with Gasteiger partial charge < -0.3 is 10.6 Å². The van der Waals surface area contributed by atoms with Crippen LogP contribution in [0.15, 0.2) is 6.07 Å². The summed E-state index contributed by atoms with van der Waals surface area (Å²) in [6.45, 7) is 4.39. The van der Waals surface area contributed by atoms with Crippen molar-refractivity contribution in [2.45, 2.75) is 32.5 Å². The summed E-state index contributed by atoms with van der Waals surface area (Å²) in [7, 11) is 0. The maximum atomic E-state index is 12.8. The van der Waals surface area contributed by atoms with Crippen molar-refractivity contribution in [3.8, 4) is 0 Å². The first-order valence-electron chi connectivity index (χ1n) is 6.32. The van der Waals surface area contributed by atoms with Crippen molar-refractivity contribution in [1.29, 1.82) is 0 Å². The van der Waals surface area contributed by atoms with E-state index in [4.69, 9.17) is 0 Å². The van der Waals surface area contributed by atoms with Crippen LogP contribution in [0, 0.1) is 0 Å². The molecule has 1 atom stereocenters. The molecule has 0 aliphatic carbocycles. The number of thioether (sulfide) groups is 1. The number of nitrogens with one attached hydrogen (secondary N) is 2. The van der Waals surface area contributed by atoms with Gasteiger partial charge in [-0.3, -0.25) is 0 Å². The minimum Gasteiger partial charge on any atom is -0.370 e. The van der Waals surface area contributed by atoms with Crippen molar-refractivity contribution in [1.82, 2.24) is 9.97 Å². The topological polar surface area (TPSA) is 49.8 Å². The lowest BCUT2D eigenvalue weighted by Gasteiger charge is -2.16. The number of aromatic nitrogens is 2. The molecular weight excluding hydrogens is 289 g/mol. The van der Waals surface area contributed by atoms with Crippen LogP contribution in [0.25, 0.3) is 0 Å². The Bertz CT molecular complexity index is 426. The van der Waals surface area contributed by atoms with Crippen LogP contribution in [0.5, 0.6) is 0 Å². The Morgan fingerprint density at radius 2 is 1.95 bits per heavy atom. The van der Waals surface area contributed by atoms with Gasteiger partial charge in [-0.1, -0.05) is 6.92 Å². The van der Waals surface area contributed by atoms with Gasteiger partial charge in [0.1, 0.15) is 11.6 Å². The van der Waals surface area contributed by atoms with Gasteiger partial charge in [0.25, 0.3) is 0 Å². The molecule has 1 rings (SSSR count). The van der Waals surface area contributed by atoms with Crippen molar-refractivity contribution in [2.75, 3.05) is 29.2 Å². The van der Waals surface area contributed by atoms with Crippen molar-refractivity contribution in [2.24, 2.45) is 0 Å². The number of hydrogen-bond donors (Lipinski definition) is 2. The quantitative estimate of drug-likeness (QED) is 0.807. The fourth-order valence-corrected chi connectivity index (χ4v) is 2.12. The molecule has 20 heavy (non-hydrogen) atoms. The van der Waals surface area contributed by atoms with E-state index in [-0.39, 0.29) is 17.7 Å². The summed E-state index contributed by atoms with van der Waals surface area (Å²) in [6, 6.07) is 1.53. The Labute approximate surface area is 121 Å². The summed E-state index contributed by atoms with van der Waals surface area (Å²) < 4.78 is 38.3. The fraction of sp³-hybridized carbons (Fsp3) is 0.667. The minimum atomic E-state index is -4.55. The molecule has 0 saturated carbocycles. The van der Waals surface area contributed by atoms with Crippen LogP contribution >= 0.6 is 11.8 Å². The molecule has 0 saturated heterocycles. The summed E-state index contributed by atoms with van der Waals surface area (Å²) in [4.78, 5) is 7.04. The molecule has 0 aliphatic rings. The Morgan fingerprint density at radius 3 is 2.50 bits per heavy atom. The highest BCUT2D eigenvalue weighted by atomic mass is 32.2. The minimum absolute atomic E-state index is 0.0278. The zero-order valence-electron chi connectivity index (χ0n) is 11.7. The number of anilines is 2. The molecule has 114 valence electrons. The summed E-state index contributed by atoms with van der Waals surface area (Å²) in [6.07, 6.45) is -1.81. The molecule has 0 bridgehead atoms. The molecule has 0 fully saturated rings. The Morgan fingerprint density at radius 1 is 1.30 bits per heavy atom. The molecule has 1 aromatic heterocycles. The second-order valence-corrected chi connectivity index (χ2v) is 5.30. The maximum Gasteiger partial charge on any atom is 0.451 e. The highest BCUT2D eigenvalue weighted by Gasteiger charge is 2.35. The molecule has 8 heteroatoms. The van der Waals surface area contributed by atoms with Crippen molar-refractivity contribution in [3.63, 3.8) is 0 Å². The average molecular weight is 308 g/mol. The van der Waals surface area contributed by atoms with Crippen LogP contribution in [0.4, 0.5) is 24.8 Å². The predicted molar refractivity (Wildman–Crippen MR) is 77.3 cm³/mol. The number of alkyl halides is 3. The van der Waals surface area contributed by atoms with E-state index in [0.717, 1.165) is 12.2 Å². The Balaban J connectivity index is 2.97. The smallest absolute Gasteiger partial charge is 0.370 e. The van der Waals surface area contributed by atoms with Crippen LogP contribution in [0.2, 0.25) is 0 Å². The van der Waals surface area contributed by atoms with E-state index in [1.807, 2.05) is 20.1 Å². The Hall–Kier alpha value is -1.18. The highest BCUT2D eigenvalue weighted by Crippen LogP contribution is 2.28. The van der Waals surface area contributed by atoms with E-state index in [0.29, 0.717) is 6.54 Å². The van der Waals surface area contributed by atoms with Gasteiger partial charge in [-0.05, 0) is 19.6 Å². The van der Waals surface area contributed by atoms with Gasteiger partial charge in [0.2, 0.25) is 5.82 Å². The summed E-state index contributed by atoms with van der Waals surface area (Å²) in [5.41, 5.74) is 0. The van der Waals surface area contributed by atoms with E-state index in [9.17, 15) is 13.2 Å². The number of rotatable bonds is 7. The average Bonchev–Trinajstić information content (AvgIpc) is 2.35. The van der Waals surface area contributed by atoms with Crippen LogP contribution < -0.4 is 10.6 Å². The van der Waals surface area contributed by atoms with Gasteiger partial charge in [-0.15, -0.1) is 0 Å². The van der Waals surface area contributed by atoms with Crippen LogP contribution in [-0.2, 0) is 6.18 Å². The third-order valence-corrected chi connectivity index (χ3v) is 3.18. The lowest BCUT2D eigenvalue weighted by atomic mass is 10.3. The van der Waals surface area contributed by atoms with Crippen LogP contribution in [0.3, 0.4) is 0 Å². The second kappa shape index (κ2) is 7.56. The molecular formula is C12H19F3N4S. The van der Waals surface area contributed by atoms with Gasteiger partial charge in [0, 0.05) is 24.4 Å².